The van der Waals surface area contributed by atoms with E-state index in [9.17, 15) is 9.59 Å². The number of aromatic nitrogens is 4. The minimum Gasteiger partial charge on any atom is -0.326 e. The molecule has 3 rings (SSSR count). The molecule has 0 saturated carbocycles. The fourth-order valence-electron chi connectivity index (χ4n) is 2.47. The first-order valence-electron chi connectivity index (χ1n) is 7.74. The number of benzene rings is 1. The highest BCUT2D eigenvalue weighted by atomic mass is 16.2. The Balaban J connectivity index is 1.87. The molecule has 0 saturated heterocycles. The van der Waals surface area contributed by atoms with Crippen molar-refractivity contribution in [2.45, 2.75) is 27.7 Å². The van der Waals surface area contributed by atoms with Gasteiger partial charge in [0.2, 0.25) is 11.7 Å². The van der Waals surface area contributed by atoms with Crippen molar-refractivity contribution < 1.29 is 9.59 Å². The number of hydrogen-bond acceptors (Lipinski definition) is 5. The number of carbonyl (C=O) groups is 2. The first kappa shape index (κ1) is 16.6. The van der Waals surface area contributed by atoms with Crippen LogP contribution in [0, 0.1) is 20.8 Å². The third kappa shape index (κ3) is 3.47. The smallest absolute Gasteiger partial charge is 0.295 e. The first-order valence-corrected chi connectivity index (χ1v) is 7.74. The predicted octanol–water partition coefficient (Wildman–Crippen LogP) is 2.26. The molecule has 0 fully saturated rings. The second kappa shape index (κ2) is 6.31. The third-order valence-electron chi connectivity index (χ3n) is 3.63. The normalized spacial score (nSPS) is 10.7. The van der Waals surface area contributed by atoms with Crippen LogP contribution >= 0.6 is 0 Å². The van der Waals surface area contributed by atoms with Crippen LogP contribution in [0.15, 0.2) is 24.3 Å². The molecular formula is C17H18N6O2. The highest BCUT2D eigenvalue weighted by molar-refractivity contribution is 6.02. The highest BCUT2D eigenvalue weighted by Crippen LogP contribution is 2.20. The van der Waals surface area contributed by atoms with Crippen LogP contribution in [0.1, 0.15) is 34.5 Å². The lowest BCUT2D eigenvalue weighted by molar-refractivity contribution is -0.114. The van der Waals surface area contributed by atoms with E-state index in [0.29, 0.717) is 17.2 Å². The third-order valence-corrected chi connectivity index (χ3v) is 3.63. The highest BCUT2D eigenvalue weighted by Gasteiger charge is 2.15. The Morgan fingerprint density at radius 1 is 1.04 bits per heavy atom. The molecule has 8 heteroatoms. The van der Waals surface area contributed by atoms with E-state index < -0.39 is 5.91 Å². The van der Waals surface area contributed by atoms with Crippen LogP contribution in [0.5, 0.6) is 0 Å². The van der Waals surface area contributed by atoms with Crippen LogP contribution in [0.25, 0.3) is 5.78 Å². The quantitative estimate of drug-likeness (QED) is 0.763. The summed E-state index contributed by atoms with van der Waals surface area (Å²) in [5.41, 5.74) is 3.73. The van der Waals surface area contributed by atoms with E-state index in [2.05, 4.69) is 25.7 Å². The molecule has 2 amide bonds. The predicted molar refractivity (Wildman–Crippen MR) is 93.7 cm³/mol. The number of aryl methyl sites for hydroxylation is 3. The van der Waals surface area contributed by atoms with Gasteiger partial charge in [-0.1, -0.05) is 6.07 Å². The van der Waals surface area contributed by atoms with Gasteiger partial charge in [-0.05, 0) is 44.5 Å². The van der Waals surface area contributed by atoms with Crippen molar-refractivity contribution in [3.05, 3.63) is 47.0 Å². The van der Waals surface area contributed by atoms with Crippen molar-refractivity contribution in [1.82, 2.24) is 19.6 Å². The first-order chi connectivity index (χ1) is 11.8. The van der Waals surface area contributed by atoms with Gasteiger partial charge in [-0.15, -0.1) is 5.10 Å². The molecule has 0 aliphatic heterocycles. The molecule has 0 atom stereocenters. The van der Waals surface area contributed by atoms with Crippen molar-refractivity contribution in [2.24, 2.45) is 0 Å². The van der Waals surface area contributed by atoms with Gasteiger partial charge < -0.3 is 10.6 Å². The van der Waals surface area contributed by atoms with E-state index in [4.69, 9.17) is 0 Å². The lowest BCUT2D eigenvalue weighted by atomic mass is 10.1. The average molecular weight is 338 g/mol. The summed E-state index contributed by atoms with van der Waals surface area (Å²) in [5.74, 6) is -0.209. The molecule has 128 valence electrons. The maximum absolute atomic E-state index is 12.4. The van der Waals surface area contributed by atoms with E-state index >= 15 is 0 Å². The number of hydrogen-bond donors (Lipinski definition) is 2. The number of nitrogens with zero attached hydrogens (tertiary/aromatic N) is 4. The summed E-state index contributed by atoms with van der Waals surface area (Å²) in [6, 6.07) is 7.12. The molecule has 0 aliphatic carbocycles. The van der Waals surface area contributed by atoms with E-state index in [1.807, 2.05) is 32.9 Å². The summed E-state index contributed by atoms with van der Waals surface area (Å²) in [6.07, 6.45) is 0. The molecule has 3 aromatic rings. The van der Waals surface area contributed by atoms with E-state index in [-0.39, 0.29) is 11.7 Å². The Hall–Kier alpha value is -3.29. The number of anilines is 2. The molecule has 2 heterocycles. The number of rotatable bonds is 3. The lowest BCUT2D eigenvalue weighted by Gasteiger charge is -2.09. The topological polar surface area (TPSA) is 101 Å². The van der Waals surface area contributed by atoms with Crippen molar-refractivity contribution in [3.8, 4) is 0 Å². The second-order valence-corrected chi connectivity index (χ2v) is 5.85. The summed E-state index contributed by atoms with van der Waals surface area (Å²) in [7, 11) is 0. The van der Waals surface area contributed by atoms with Gasteiger partial charge in [0, 0.05) is 29.7 Å². The van der Waals surface area contributed by atoms with Gasteiger partial charge in [-0.3, -0.25) is 9.59 Å². The Bertz CT molecular complexity index is 992. The van der Waals surface area contributed by atoms with Gasteiger partial charge in [-0.2, -0.15) is 4.98 Å². The molecule has 0 radical (unpaired) electrons. The van der Waals surface area contributed by atoms with Gasteiger partial charge in [-0.25, -0.2) is 9.50 Å². The molecule has 2 aromatic heterocycles. The van der Waals surface area contributed by atoms with Crippen LogP contribution in [0.2, 0.25) is 0 Å². The molecule has 25 heavy (non-hydrogen) atoms. The van der Waals surface area contributed by atoms with Crippen molar-refractivity contribution in [3.63, 3.8) is 0 Å². The average Bonchev–Trinajstić information content (AvgIpc) is 2.94. The monoisotopic (exact) mass is 338 g/mol. The molecule has 0 bridgehead atoms. The summed E-state index contributed by atoms with van der Waals surface area (Å²) < 4.78 is 1.53. The van der Waals surface area contributed by atoms with E-state index in [0.717, 1.165) is 17.0 Å². The minimum absolute atomic E-state index is 0.0304. The molecule has 0 unspecified atom stereocenters. The number of carbonyl (C=O) groups excluding carboxylic acids is 2. The van der Waals surface area contributed by atoms with Crippen LogP contribution in [0.3, 0.4) is 0 Å². The molecular weight excluding hydrogens is 320 g/mol. The maximum atomic E-state index is 12.4. The molecule has 0 spiro atoms. The largest absolute Gasteiger partial charge is 0.326 e. The van der Waals surface area contributed by atoms with Gasteiger partial charge in [0.05, 0.1) is 0 Å². The van der Waals surface area contributed by atoms with Crippen molar-refractivity contribution >= 4 is 29.0 Å². The number of amides is 2. The standard InChI is InChI=1S/C17H18N6O2/c1-9-5-6-13(8-14(9)19-12(4)24)20-16(25)15-21-17-18-10(2)7-11(3)23(17)22-15/h5-8H,1-4H3,(H,19,24)(H,20,25). The maximum Gasteiger partial charge on any atom is 0.295 e. The summed E-state index contributed by atoms with van der Waals surface area (Å²) >= 11 is 0. The number of fused-ring (bicyclic) bond motifs is 1. The van der Waals surface area contributed by atoms with Crippen molar-refractivity contribution in [2.75, 3.05) is 10.6 Å². The Morgan fingerprint density at radius 3 is 2.52 bits per heavy atom. The van der Waals surface area contributed by atoms with Crippen LogP contribution < -0.4 is 10.6 Å². The summed E-state index contributed by atoms with van der Waals surface area (Å²) in [6.45, 7) is 7.04. The summed E-state index contributed by atoms with van der Waals surface area (Å²) in [5, 5.41) is 9.66. The van der Waals surface area contributed by atoms with E-state index in [1.54, 1.807) is 12.1 Å². The van der Waals surface area contributed by atoms with E-state index in [1.165, 1.54) is 11.4 Å². The van der Waals surface area contributed by atoms with Crippen LogP contribution in [-0.2, 0) is 4.79 Å². The zero-order valence-electron chi connectivity index (χ0n) is 14.4. The fraction of sp³-hybridized carbons (Fsp3) is 0.235. The fourth-order valence-corrected chi connectivity index (χ4v) is 2.47. The van der Waals surface area contributed by atoms with Gasteiger partial charge in [0.25, 0.3) is 11.7 Å². The molecule has 2 N–H and O–H groups in total. The van der Waals surface area contributed by atoms with Crippen molar-refractivity contribution in [1.29, 1.82) is 0 Å². The molecule has 1 aromatic carbocycles. The van der Waals surface area contributed by atoms with Gasteiger partial charge >= 0.3 is 0 Å². The van der Waals surface area contributed by atoms with Gasteiger partial charge in [0.15, 0.2) is 0 Å². The minimum atomic E-state index is -0.444. The lowest BCUT2D eigenvalue weighted by Crippen LogP contribution is -2.15. The SMILES string of the molecule is CC(=O)Nc1cc(NC(=O)c2nc3nc(C)cc(C)n3n2)ccc1C. The van der Waals surface area contributed by atoms with Crippen LogP contribution in [0.4, 0.5) is 11.4 Å². The Labute approximate surface area is 144 Å². The Morgan fingerprint density at radius 2 is 1.80 bits per heavy atom. The zero-order valence-corrected chi connectivity index (χ0v) is 14.4. The second-order valence-electron chi connectivity index (χ2n) is 5.85. The van der Waals surface area contributed by atoms with Gasteiger partial charge in [0.1, 0.15) is 0 Å². The molecule has 8 nitrogen and oxygen atoms in total. The Kier molecular flexibility index (Phi) is 4.18. The summed E-state index contributed by atoms with van der Waals surface area (Å²) in [4.78, 5) is 32.1. The molecule has 0 aliphatic rings. The van der Waals surface area contributed by atoms with Crippen LogP contribution in [-0.4, -0.2) is 31.4 Å². The number of nitrogens with one attached hydrogen (secondary N) is 2. The zero-order chi connectivity index (χ0) is 18.1.